The first kappa shape index (κ1) is 13.1. The number of carbonyl (C=O) groups excluding carboxylic acids is 1. The third kappa shape index (κ3) is 3.09. The number of hydrogen-bond acceptors (Lipinski definition) is 4. The fourth-order valence-corrected chi connectivity index (χ4v) is 1.67. The molecule has 0 aromatic carbocycles. The summed E-state index contributed by atoms with van der Waals surface area (Å²) >= 11 is 0. The molecule has 1 N–H and O–H groups in total. The third-order valence-corrected chi connectivity index (χ3v) is 2.74. The molecule has 0 unspecified atom stereocenters. The molecule has 2 aromatic heterocycles. The van der Waals surface area contributed by atoms with Gasteiger partial charge >= 0.3 is 0 Å². The van der Waals surface area contributed by atoms with Crippen LogP contribution in [0.25, 0.3) is 0 Å². The topological polar surface area (TPSA) is 79.2 Å². The molecule has 0 saturated heterocycles. The van der Waals surface area contributed by atoms with Crippen LogP contribution in [0.2, 0.25) is 0 Å². The number of nitrogens with one attached hydrogen (secondary N) is 1. The maximum absolute atomic E-state index is 12.1. The van der Waals surface area contributed by atoms with E-state index in [9.17, 15) is 9.59 Å². The van der Waals surface area contributed by atoms with Crippen LogP contribution in [0, 0.1) is 0 Å². The van der Waals surface area contributed by atoms with Crippen molar-refractivity contribution in [1.82, 2.24) is 15.0 Å². The van der Waals surface area contributed by atoms with Crippen molar-refractivity contribution >= 4 is 5.91 Å². The Hall–Kier alpha value is -2.37. The second-order valence-electron chi connectivity index (χ2n) is 4.24. The van der Waals surface area contributed by atoms with E-state index in [1.165, 1.54) is 23.2 Å². The number of aryl methyl sites for hydroxylation is 1. The summed E-state index contributed by atoms with van der Waals surface area (Å²) in [6, 6.07) is 4.65. The van der Waals surface area contributed by atoms with E-state index in [4.69, 9.17) is 4.52 Å². The van der Waals surface area contributed by atoms with Gasteiger partial charge in [-0.15, -0.1) is 0 Å². The van der Waals surface area contributed by atoms with Crippen molar-refractivity contribution in [2.75, 3.05) is 7.05 Å². The second kappa shape index (κ2) is 5.51. The van der Waals surface area contributed by atoms with Crippen LogP contribution in [0.4, 0.5) is 0 Å². The normalized spacial score (nSPS) is 10.4. The molecule has 0 atom stereocenters. The van der Waals surface area contributed by atoms with Gasteiger partial charge in [0.15, 0.2) is 5.76 Å². The largest absolute Gasteiger partial charge is 0.359 e. The highest BCUT2D eigenvalue weighted by Crippen LogP contribution is 2.09. The van der Waals surface area contributed by atoms with E-state index in [-0.39, 0.29) is 11.5 Å². The van der Waals surface area contributed by atoms with E-state index in [0.29, 0.717) is 17.9 Å². The van der Waals surface area contributed by atoms with Crippen LogP contribution in [0.1, 0.15) is 28.7 Å². The molecule has 0 saturated carbocycles. The van der Waals surface area contributed by atoms with Gasteiger partial charge < -0.3 is 14.4 Å². The van der Waals surface area contributed by atoms with Crippen molar-refractivity contribution in [3.63, 3.8) is 0 Å². The zero-order chi connectivity index (χ0) is 13.8. The quantitative estimate of drug-likeness (QED) is 0.896. The van der Waals surface area contributed by atoms with Crippen LogP contribution in [0.3, 0.4) is 0 Å². The minimum absolute atomic E-state index is 0.189. The van der Waals surface area contributed by atoms with E-state index >= 15 is 0 Å². The number of hydrogen-bond donors (Lipinski definition) is 1. The Labute approximate surface area is 110 Å². The van der Waals surface area contributed by atoms with E-state index in [1.807, 2.05) is 13.0 Å². The van der Waals surface area contributed by atoms with E-state index < -0.39 is 0 Å². The Morgan fingerprint density at radius 3 is 2.84 bits per heavy atom. The molecule has 6 nitrogen and oxygen atoms in total. The molecule has 0 fully saturated rings. The Morgan fingerprint density at radius 1 is 1.47 bits per heavy atom. The standard InChI is InChI=1S/C13H15N3O3/c1-3-10-6-11(19-15-10)8-16(2)13(18)9-4-5-12(17)14-7-9/h4-7H,3,8H2,1-2H3,(H,14,17). The van der Waals surface area contributed by atoms with Gasteiger partial charge in [0, 0.05) is 25.4 Å². The molecule has 2 rings (SSSR count). The summed E-state index contributed by atoms with van der Waals surface area (Å²) in [5.41, 5.74) is 1.05. The molecule has 0 spiro atoms. The third-order valence-electron chi connectivity index (χ3n) is 2.74. The molecule has 6 heteroatoms. The number of pyridine rings is 1. The molecule has 0 bridgehead atoms. The lowest BCUT2D eigenvalue weighted by Gasteiger charge is -2.14. The molecule has 0 radical (unpaired) electrons. The molecule has 2 aromatic rings. The molecule has 0 aliphatic rings. The minimum Gasteiger partial charge on any atom is -0.359 e. The van der Waals surface area contributed by atoms with Crippen molar-refractivity contribution in [1.29, 1.82) is 0 Å². The average molecular weight is 261 g/mol. The first-order chi connectivity index (χ1) is 9.10. The van der Waals surface area contributed by atoms with Gasteiger partial charge in [-0.3, -0.25) is 9.59 Å². The summed E-state index contributed by atoms with van der Waals surface area (Å²) < 4.78 is 5.13. The zero-order valence-electron chi connectivity index (χ0n) is 10.8. The molecule has 2 heterocycles. The zero-order valence-corrected chi connectivity index (χ0v) is 10.8. The van der Waals surface area contributed by atoms with Crippen LogP contribution in [0.5, 0.6) is 0 Å². The fourth-order valence-electron chi connectivity index (χ4n) is 1.67. The second-order valence-corrected chi connectivity index (χ2v) is 4.24. The van der Waals surface area contributed by atoms with Gasteiger partial charge in [0.1, 0.15) is 0 Å². The lowest BCUT2D eigenvalue weighted by Crippen LogP contribution is -2.26. The summed E-state index contributed by atoms with van der Waals surface area (Å²) in [5, 5.41) is 3.87. The number of rotatable bonds is 4. The van der Waals surface area contributed by atoms with Gasteiger partial charge in [0.05, 0.1) is 17.8 Å². The van der Waals surface area contributed by atoms with Gasteiger partial charge in [0.25, 0.3) is 5.91 Å². The first-order valence-corrected chi connectivity index (χ1v) is 5.99. The number of aromatic amines is 1. The smallest absolute Gasteiger partial charge is 0.255 e. The van der Waals surface area contributed by atoms with Crippen molar-refractivity contribution < 1.29 is 9.32 Å². The SMILES string of the molecule is CCc1cc(CN(C)C(=O)c2ccc(=O)[nH]c2)on1. The number of amides is 1. The van der Waals surface area contributed by atoms with Gasteiger partial charge in [-0.2, -0.15) is 0 Å². The van der Waals surface area contributed by atoms with E-state index in [2.05, 4.69) is 10.1 Å². The first-order valence-electron chi connectivity index (χ1n) is 5.99. The molecule has 1 amide bonds. The minimum atomic E-state index is -0.234. The lowest BCUT2D eigenvalue weighted by molar-refractivity contribution is 0.0772. The highest BCUT2D eigenvalue weighted by Gasteiger charge is 2.14. The van der Waals surface area contributed by atoms with Gasteiger partial charge in [-0.1, -0.05) is 12.1 Å². The average Bonchev–Trinajstić information content (AvgIpc) is 2.86. The highest BCUT2D eigenvalue weighted by atomic mass is 16.5. The maximum atomic E-state index is 12.1. The van der Waals surface area contributed by atoms with Gasteiger partial charge in [-0.05, 0) is 12.5 Å². The Morgan fingerprint density at radius 2 is 2.26 bits per heavy atom. The number of H-pyrrole nitrogens is 1. The summed E-state index contributed by atoms with van der Waals surface area (Å²) in [6.07, 6.45) is 2.19. The van der Waals surface area contributed by atoms with Gasteiger partial charge in [0.2, 0.25) is 5.56 Å². The Balaban J connectivity index is 2.06. The number of aromatic nitrogens is 2. The number of nitrogens with zero attached hydrogens (tertiary/aromatic N) is 2. The van der Waals surface area contributed by atoms with Gasteiger partial charge in [-0.25, -0.2) is 0 Å². The summed E-state index contributed by atoms with van der Waals surface area (Å²) in [7, 11) is 1.67. The predicted molar refractivity (Wildman–Crippen MR) is 68.7 cm³/mol. The van der Waals surface area contributed by atoms with Crippen LogP contribution in [-0.2, 0) is 13.0 Å². The predicted octanol–water partition coefficient (Wildman–Crippen LogP) is 1.20. The lowest BCUT2D eigenvalue weighted by atomic mass is 10.2. The Kier molecular flexibility index (Phi) is 3.79. The monoisotopic (exact) mass is 261 g/mol. The van der Waals surface area contributed by atoms with Crippen LogP contribution in [-0.4, -0.2) is 28.0 Å². The summed E-state index contributed by atoms with van der Waals surface area (Å²) in [4.78, 5) is 27.0. The molecule has 19 heavy (non-hydrogen) atoms. The summed E-state index contributed by atoms with van der Waals surface area (Å²) in [5.74, 6) is 0.447. The van der Waals surface area contributed by atoms with Crippen molar-refractivity contribution in [2.45, 2.75) is 19.9 Å². The molecule has 100 valence electrons. The van der Waals surface area contributed by atoms with Crippen molar-refractivity contribution in [2.24, 2.45) is 0 Å². The Bertz CT molecular complexity index is 610. The summed E-state index contributed by atoms with van der Waals surface area (Å²) in [6.45, 7) is 2.32. The molecule has 0 aliphatic carbocycles. The molecular formula is C13H15N3O3. The van der Waals surface area contributed by atoms with Crippen molar-refractivity contribution in [3.05, 3.63) is 51.8 Å². The van der Waals surface area contributed by atoms with Crippen molar-refractivity contribution in [3.8, 4) is 0 Å². The van der Waals surface area contributed by atoms with Crippen LogP contribution < -0.4 is 5.56 Å². The van der Waals surface area contributed by atoms with E-state index in [1.54, 1.807) is 7.05 Å². The highest BCUT2D eigenvalue weighted by molar-refractivity contribution is 5.93. The maximum Gasteiger partial charge on any atom is 0.255 e. The molecule has 0 aliphatic heterocycles. The molecular weight excluding hydrogens is 246 g/mol. The van der Waals surface area contributed by atoms with Crippen LogP contribution >= 0.6 is 0 Å². The fraction of sp³-hybridized carbons (Fsp3) is 0.308. The van der Waals surface area contributed by atoms with Crippen LogP contribution in [0.15, 0.2) is 33.7 Å². The number of carbonyl (C=O) groups is 1. The van der Waals surface area contributed by atoms with E-state index in [0.717, 1.165) is 12.1 Å².